The van der Waals surface area contributed by atoms with Crippen LogP contribution in [0.4, 0.5) is 28.7 Å². The number of ether oxygens (including phenoxy) is 1. The number of anilines is 5. The van der Waals surface area contributed by atoms with Crippen LogP contribution in [0.1, 0.15) is 13.3 Å². The van der Waals surface area contributed by atoms with Gasteiger partial charge in [0.1, 0.15) is 17.1 Å². The topological polar surface area (TPSA) is 126 Å². The molecule has 0 saturated heterocycles. The molecule has 2 aromatic carbocycles. The van der Waals surface area contributed by atoms with E-state index in [0.717, 1.165) is 29.7 Å². The summed E-state index contributed by atoms with van der Waals surface area (Å²) in [5, 5.41) is 11.8. The van der Waals surface area contributed by atoms with Crippen LogP contribution in [0.5, 0.6) is 5.75 Å². The van der Waals surface area contributed by atoms with Crippen molar-refractivity contribution in [1.82, 2.24) is 24.6 Å². The first-order valence-electron chi connectivity index (χ1n) is 12.4. The fraction of sp³-hybridized carbons (Fsp3) is 0.333. The van der Waals surface area contributed by atoms with Crippen molar-refractivity contribution in [3.8, 4) is 17.1 Å². The van der Waals surface area contributed by atoms with Crippen LogP contribution in [0.3, 0.4) is 0 Å². The van der Waals surface area contributed by atoms with Gasteiger partial charge < -0.3 is 30.9 Å². The third-order valence-corrected chi connectivity index (χ3v) is 6.26. The van der Waals surface area contributed by atoms with Crippen molar-refractivity contribution in [2.45, 2.75) is 13.3 Å². The molecule has 0 aliphatic heterocycles. The lowest BCUT2D eigenvalue weighted by molar-refractivity contribution is -0.115. The minimum Gasteiger partial charge on any atom is -0.494 e. The SMILES string of the molecule is CCC(=O)Nc1cnc(Nc2cc(N)c(N(C)CCN(C)C)cc2OC)nc1-c1nn(C)c2ccccc12. The normalized spacial score (nSPS) is 11.1. The lowest BCUT2D eigenvalue weighted by Crippen LogP contribution is -2.29. The number of fused-ring (bicyclic) bond motifs is 1. The summed E-state index contributed by atoms with van der Waals surface area (Å²) in [4.78, 5) is 25.7. The lowest BCUT2D eigenvalue weighted by Gasteiger charge is -2.24. The molecule has 4 N–H and O–H groups in total. The molecule has 0 aliphatic carbocycles. The molecule has 0 atom stereocenters. The standard InChI is InChI=1S/C27H35N9O2/c1-7-24(37)30-20-16-29-27(32-26(20)25-17-10-8-9-11-21(17)36(5)33-25)31-19-14-18(28)22(15-23(19)38-6)35(4)13-12-34(2)3/h8-11,14-16H,7,12-13,28H2,1-6H3,(H,30,37)(H,29,31,32). The van der Waals surface area contributed by atoms with E-state index in [1.807, 2.05) is 64.6 Å². The number of aromatic nitrogens is 4. The van der Waals surface area contributed by atoms with E-state index >= 15 is 0 Å². The molecule has 11 nitrogen and oxygen atoms in total. The summed E-state index contributed by atoms with van der Waals surface area (Å²) < 4.78 is 7.46. The van der Waals surface area contributed by atoms with Crippen molar-refractivity contribution in [3.63, 3.8) is 0 Å². The molecule has 0 radical (unpaired) electrons. The van der Waals surface area contributed by atoms with Crippen LogP contribution in [0.25, 0.3) is 22.3 Å². The number of para-hydroxylation sites is 1. The molecule has 4 aromatic rings. The second kappa shape index (κ2) is 11.3. The summed E-state index contributed by atoms with van der Waals surface area (Å²) in [6, 6.07) is 11.6. The van der Waals surface area contributed by atoms with Crippen LogP contribution < -0.4 is 26.0 Å². The van der Waals surface area contributed by atoms with E-state index in [9.17, 15) is 4.79 Å². The average molecular weight is 518 g/mol. The monoisotopic (exact) mass is 517 g/mol. The third-order valence-electron chi connectivity index (χ3n) is 6.26. The molecule has 0 unspecified atom stereocenters. The first-order valence-corrected chi connectivity index (χ1v) is 12.4. The number of nitrogens with two attached hydrogens (primary N) is 1. The molecule has 0 aliphatic rings. The zero-order valence-electron chi connectivity index (χ0n) is 22.7. The van der Waals surface area contributed by atoms with E-state index < -0.39 is 0 Å². The van der Waals surface area contributed by atoms with Gasteiger partial charge in [-0.1, -0.05) is 25.1 Å². The maximum absolute atomic E-state index is 12.3. The third kappa shape index (κ3) is 5.62. The van der Waals surface area contributed by atoms with Gasteiger partial charge in [0.05, 0.1) is 41.6 Å². The highest BCUT2D eigenvalue weighted by Gasteiger charge is 2.19. The van der Waals surface area contributed by atoms with Gasteiger partial charge in [0.25, 0.3) is 0 Å². The van der Waals surface area contributed by atoms with Crippen molar-refractivity contribution >= 4 is 45.5 Å². The smallest absolute Gasteiger partial charge is 0.228 e. The number of nitrogen functional groups attached to an aromatic ring is 1. The summed E-state index contributed by atoms with van der Waals surface area (Å²) in [7, 11) is 9.55. The minimum atomic E-state index is -0.140. The van der Waals surface area contributed by atoms with Gasteiger partial charge in [0.2, 0.25) is 11.9 Å². The highest BCUT2D eigenvalue weighted by molar-refractivity contribution is 5.99. The predicted molar refractivity (Wildman–Crippen MR) is 153 cm³/mol. The minimum absolute atomic E-state index is 0.140. The van der Waals surface area contributed by atoms with Crippen molar-refractivity contribution in [2.75, 3.05) is 62.6 Å². The maximum Gasteiger partial charge on any atom is 0.228 e. The van der Waals surface area contributed by atoms with Gasteiger partial charge in [-0.05, 0) is 26.2 Å². The van der Waals surface area contributed by atoms with E-state index in [0.29, 0.717) is 46.6 Å². The van der Waals surface area contributed by atoms with Gasteiger partial charge in [-0.2, -0.15) is 5.10 Å². The van der Waals surface area contributed by atoms with Crippen molar-refractivity contribution < 1.29 is 9.53 Å². The van der Waals surface area contributed by atoms with Gasteiger partial charge in [-0.25, -0.2) is 9.97 Å². The van der Waals surface area contributed by atoms with Gasteiger partial charge in [0.15, 0.2) is 0 Å². The Morgan fingerprint density at radius 3 is 2.58 bits per heavy atom. The fourth-order valence-electron chi connectivity index (χ4n) is 4.12. The van der Waals surface area contributed by atoms with Crippen LogP contribution in [0.2, 0.25) is 0 Å². The molecule has 200 valence electrons. The highest BCUT2D eigenvalue weighted by atomic mass is 16.5. The zero-order chi connectivity index (χ0) is 27.4. The quantitative estimate of drug-likeness (QED) is 0.270. The number of nitrogens with one attached hydrogen (secondary N) is 2. The molecule has 1 amide bonds. The molecular formula is C27H35N9O2. The Labute approximate surface area is 222 Å². The number of aryl methyl sites for hydroxylation is 1. The number of hydrogen-bond acceptors (Lipinski definition) is 9. The maximum atomic E-state index is 12.3. The molecule has 4 rings (SSSR count). The second-order valence-corrected chi connectivity index (χ2v) is 9.31. The molecule has 2 heterocycles. The van der Waals surface area contributed by atoms with E-state index in [4.69, 9.17) is 20.6 Å². The number of methoxy groups -OCH3 is 1. The van der Waals surface area contributed by atoms with Gasteiger partial charge in [0, 0.05) is 45.1 Å². The average Bonchev–Trinajstić information content (AvgIpc) is 3.24. The molecule has 0 fully saturated rings. The number of carbonyl (C=O) groups excluding carboxylic acids is 1. The van der Waals surface area contributed by atoms with Crippen LogP contribution >= 0.6 is 0 Å². The fourth-order valence-corrected chi connectivity index (χ4v) is 4.12. The Balaban J connectivity index is 1.74. The summed E-state index contributed by atoms with van der Waals surface area (Å²) in [5.41, 5.74) is 11.1. The Hall–Kier alpha value is -4.38. The largest absolute Gasteiger partial charge is 0.494 e. The van der Waals surface area contributed by atoms with Gasteiger partial charge in [-0.3, -0.25) is 9.48 Å². The van der Waals surface area contributed by atoms with Crippen molar-refractivity contribution in [1.29, 1.82) is 0 Å². The van der Waals surface area contributed by atoms with Crippen LogP contribution in [0, 0.1) is 0 Å². The molecular weight excluding hydrogens is 482 g/mol. The lowest BCUT2D eigenvalue weighted by atomic mass is 10.1. The predicted octanol–water partition coefficient (Wildman–Crippen LogP) is 3.71. The van der Waals surface area contributed by atoms with Crippen molar-refractivity contribution in [2.24, 2.45) is 7.05 Å². The number of likely N-dealkylation sites (N-methyl/N-ethyl adjacent to an activating group) is 2. The van der Waals surface area contributed by atoms with Crippen LogP contribution in [0.15, 0.2) is 42.6 Å². The van der Waals surface area contributed by atoms with Crippen LogP contribution in [-0.4, -0.2) is 71.9 Å². The number of nitrogens with zero attached hydrogens (tertiary/aromatic N) is 6. The number of benzene rings is 2. The molecule has 2 aromatic heterocycles. The van der Waals surface area contributed by atoms with E-state index in [2.05, 4.69) is 25.4 Å². The molecule has 11 heteroatoms. The first kappa shape index (κ1) is 26.7. The Kier molecular flexibility index (Phi) is 7.96. The number of carbonyl (C=O) groups is 1. The Morgan fingerprint density at radius 2 is 1.87 bits per heavy atom. The van der Waals surface area contributed by atoms with E-state index in [1.165, 1.54) is 0 Å². The summed E-state index contributed by atoms with van der Waals surface area (Å²) in [5.74, 6) is 0.776. The number of rotatable bonds is 10. The van der Waals surface area contributed by atoms with E-state index in [1.54, 1.807) is 24.9 Å². The Bertz CT molecular complexity index is 1450. The summed E-state index contributed by atoms with van der Waals surface area (Å²) in [6.07, 6.45) is 1.91. The van der Waals surface area contributed by atoms with Gasteiger partial charge in [-0.15, -0.1) is 0 Å². The van der Waals surface area contributed by atoms with Crippen LogP contribution in [-0.2, 0) is 11.8 Å². The summed E-state index contributed by atoms with van der Waals surface area (Å²) >= 11 is 0. The summed E-state index contributed by atoms with van der Waals surface area (Å²) in [6.45, 7) is 3.49. The number of amides is 1. The van der Waals surface area contributed by atoms with Crippen molar-refractivity contribution in [3.05, 3.63) is 42.6 Å². The molecule has 0 bridgehead atoms. The first-order chi connectivity index (χ1) is 18.2. The zero-order valence-corrected chi connectivity index (χ0v) is 22.7. The highest BCUT2D eigenvalue weighted by Crippen LogP contribution is 2.37. The van der Waals surface area contributed by atoms with Gasteiger partial charge >= 0.3 is 0 Å². The Morgan fingerprint density at radius 1 is 1.11 bits per heavy atom. The molecule has 0 saturated carbocycles. The molecule has 38 heavy (non-hydrogen) atoms. The number of hydrogen-bond donors (Lipinski definition) is 3. The molecule has 0 spiro atoms. The van der Waals surface area contributed by atoms with E-state index in [-0.39, 0.29) is 5.91 Å². The second-order valence-electron chi connectivity index (χ2n) is 9.31.